The summed E-state index contributed by atoms with van der Waals surface area (Å²) in [5, 5.41) is 7.34. The largest absolute Gasteiger partial charge is 0.350 e. The molecule has 1 aromatic heterocycles. The number of benzene rings is 1. The van der Waals surface area contributed by atoms with Crippen LogP contribution in [-0.4, -0.2) is 22.2 Å². The molecular weight excluding hydrogens is 274 g/mol. The highest BCUT2D eigenvalue weighted by atomic mass is 16.1. The van der Waals surface area contributed by atoms with Crippen LogP contribution >= 0.6 is 0 Å². The van der Waals surface area contributed by atoms with Gasteiger partial charge in [-0.05, 0) is 30.4 Å². The normalized spacial score (nSPS) is 22.3. The van der Waals surface area contributed by atoms with Crippen LogP contribution in [-0.2, 0) is 12.0 Å². The molecule has 116 valence electrons. The Morgan fingerprint density at radius 1 is 1.27 bits per heavy atom. The van der Waals surface area contributed by atoms with Gasteiger partial charge in [0.2, 0.25) is 0 Å². The van der Waals surface area contributed by atoms with Gasteiger partial charge in [0.25, 0.3) is 5.91 Å². The topological polar surface area (TPSA) is 46.9 Å². The maximum Gasteiger partial charge on any atom is 0.271 e. The van der Waals surface area contributed by atoms with Gasteiger partial charge in [0.1, 0.15) is 5.69 Å². The first-order chi connectivity index (χ1) is 10.5. The lowest BCUT2D eigenvalue weighted by atomic mass is 9.88. The van der Waals surface area contributed by atoms with Crippen LogP contribution in [0.4, 0.5) is 0 Å². The Morgan fingerprint density at radius 3 is 2.50 bits per heavy atom. The SMILES string of the molecule is CCn1ccc(C(=O)NCC2(c3ccccc3)CC2(C)C)n1. The number of amides is 1. The summed E-state index contributed by atoms with van der Waals surface area (Å²) in [4.78, 5) is 12.3. The molecule has 1 fully saturated rings. The molecule has 1 amide bonds. The molecule has 1 aromatic carbocycles. The van der Waals surface area contributed by atoms with Crippen molar-refractivity contribution in [2.24, 2.45) is 5.41 Å². The lowest BCUT2D eigenvalue weighted by Crippen LogP contribution is -2.35. The fourth-order valence-corrected chi connectivity index (χ4v) is 3.34. The van der Waals surface area contributed by atoms with Crippen molar-refractivity contribution >= 4 is 5.91 Å². The first-order valence-corrected chi connectivity index (χ1v) is 7.86. The van der Waals surface area contributed by atoms with Gasteiger partial charge < -0.3 is 5.32 Å². The van der Waals surface area contributed by atoms with Crippen molar-refractivity contribution in [3.05, 3.63) is 53.9 Å². The van der Waals surface area contributed by atoms with Gasteiger partial charge in [-0.25, -0.2) is 0 Å². The molecule has 3 rings (SSSR count). The maximum atomic E-state index is 12.3. The second kappa shape index (κ2) is 5.27. The number of nitrogens with zero attached hydrogens (tertiary/aromatic N) is 2. The molecule has 0 radical (unpaired) electrons. The second-order valence-electron chi connectivity index (χ2n) is 6.75. The minimum atomic E-state index is -0.0924. The fourth-order valence-electron chi connectivity index (χ4n) is 3.34. The summed E-state index contributed by atoms with van der Waals surface area (Å²) in [6.45, 7) is 7.96. The number of nitrogens with one attached hydrogen (secondary N) is 1. The Morgan fingerprint density at radius 2 is 1.95 bits per heavy atom. The third-order valence-electron chi connectivity index (χ3n) is 4.99. The highest BCUT2D eigenvalue weighted by molar-refractivity contribution is 5.92. The number of carbonyl (C=O) groups excluding carboxylic acids is 1. The minimum Gasteiger partial charge on any atom is -0.350 e. The molecule has 1 aliphatic rings. The van der Waals surface area contributed by atoms with Gasteiger partial charge in [-0.3, -0.25) is 9.48 Å². The predicted molar refractivity (Wildman–Crippen MR) is 86.8 cm³/mol. The Labute approximate surface area is 131 Å². The average Bonchev–Trinajstić information content (AvgIpc) is 2.90. The molecule has 4 nitrogen and oxygen atoms in total. The van der Waals surface area contributed by atoms with Crippen molar-refractivity contribution < 1.29 is 4.79 Å². The van der Waals surface area contributed by atoms with Crippen LogP contribution in [0.2, 0.25) is 0 Å². The summed E-state index contributed by atoms with van der Waals surface area (Å²) < 4.78 is 1.77. The van der Waals surface area contributed by atoms with Gasteiger partial charge in [-0.1, -0.05) is 44.2 Å². The van der Waals surface area contributed by atoms with E-state index in [1.54, 1.807) is 10.7 Å². The summed E-state index contributed by atoms with van der Waals surface area (Å²) in [7, 11) is 0. The van der Waals surface area contributed by atoms with E-state index < -0.39 is 0 Å². The van der Waals surface area contributed by atoms with Crippen LogP contribution in [0.3, 0.4) is 0 Å². The van der Waals surface area contributed by atoms with E-state index in [4.69, 9.17) is 0 Å². The van der Waals surface area contributed by atoms with Gasteiger partial charge in [-0.2, -0.15) is 5.10 Å². The number of aromatic nitrogens is 2. The second-order valence-corrected chi connectivity index (χ2v) is 6.75. The van der Waals surface area contributed by atoms with E-state index in [1.165, 1.54) is 5.56 Å². The smallest absolute Gasteiger partial charge is 0.271 e. The summed E-state index contributed by atoms with van der Waals surface area (Å²) in [5.74, 6) is -0.0924. The summed E-state index contributed by atoms with van der Waals surface area (Å²) in [5.41, 5.74) is 2.05. The highest BCUT2D eigenvalue weighted by Crippen LogP contribution is 2.63. The number of hydrogen-bond acceptors (Lipinski definition) is 2. The Bertz CT molecular complexity index is 675. The van der Waals surface area contributed by atoms with Crippen LogP contribution in [0.1, 0.15) is 43.2 Å². The molecule has 1 heterocycles. The third kappa shape index (κ3) is 2.43. The van der Waals surface area contributed by atoms with E-state index in [0.717, 1.165) is 13.0 Å². The fraction of sp³-hybridized carbons (Fsp3) is 0.444. The van der Waals surface area contributed by atoms with Crippen LogP contribution in [0, 0.1) is 5.41 Å². The molecule has 4 heteroatoms. The Kier molecular flexibility index (Phi) is 3.55. The molecule has 1 atom stereocenters. The highest BCUT2D eigenvalue weighted by Gasteiger charge is 2.61. The molecule has 0 spiro atoms. The molecule has 1 aliphatic carbocycles. The van der Waals surface area contributed by atoms with Gasteiger partial charge in [0, 0.05) is 24.7 Å². The molecule has 1 N–H and O–H groups in total. The van der Waals surface area contributed by atoms with Crippen molar-refractivity contribution in [1.82, 2.24) is 15.1 Å². The Hall–Kier alpha value is -2.10. The van der Waals surface area contributed by atoms with Crippen molar-refractivity contribution in [1.29, 1.82) is 0 Å². The average molecular weight is 297 g/mol. The van der Waals surface area contributed by atoms with E-state index in [2.05, 4.69) is 48.5 Å². The number of rotatable bonds is 5. The molecule has 0 saturated heterocycles. The van der Waals surface area contributed by atoms with Crippen molar-refractivity contribution in [2.45, 2.75) is 39.2 Å². The van der Waals surface area contributed by atoms with Crippen molar-refractivity contribution in [3.63, 3.8) is 0 Å². The van der Waals surface area contributed by atoms with Gasteiger partial charge in [0.05, 0.1) is 0 Å². The molecule has 1 unspecified atom stereocenters. The van der Waals surface area contributed by atoms with Gasteiger partial charge in [0.15, 0.2) is 0 Å². The summed E-state index contributed by atoms with van der Waals surface area (Å²) >= 11 is 0. The summed E-state index contributed by atoms with van der Waals surface area (Å²) in [6.07, 6.45) is 2.93. The zero-order valence-electron chi connectivity index (χ0n) is 13.5. The van der Waals surface area contributed by atoms with Gasteiger partial charge >= 0.3 is 0 Å². The Balaban J connectivity index is 1.73. The van der Waals surface area contributed by atoms with E-state index in [-0.39, 0.29) is 16.7 Å². The zero-order chi connectivity index (χ0) is 15.8. The van der Waals surface area contributed by atoms with Crippen molar-refractivity contribution in [2.75, 3.05) is 6.54 Å². The maximum absolute atomic E-state index is 12.3. The number of hydrogen-bond donors (Lipinski definition) is 1. The molecule has 0 bridgehead atoms. The quantitative estimate of drug-likeness (QED) is 0.922. The minimum absolute atomic E-state index is 0.0389. The first kappa shape index (κ1) is 14.8. The molecular formula is C18H23N3O. The standard InChI is InChI=1S/C18H23N3O/c1-4-21-11-10-15(20-21)16(22)19-13-18(12-17(18,2)3)14-8-6-5-7-9-14/h5-11H,4,12-13H2,1-3H3,(H,19,22). The van der Waals surface area contributed by atoms with E-state index in [1.807, 2.05) is 19.2 Å². The first-order valence-electron chi connectivity index (χ1n) is 7.86. The van der Waals surface area contributed by atoms with Crippen LogP contribution in [0.5, 0.6) is 0 Å². The molecule has 22 heavy (non-hydrogen) atoms. The third-order valence-corrected chi connectivity index (χ3v) is 4.99. The summed E-state index contributed by atoms with van der Waals surface area (Å²) in [6, 6.07) is 12.3. The molecule has 1 saturated carbocycles. The molecule has 0 aliphatic heterocycles. The van der Waals surface area contributed by atoms with Crippen LogP contribution in [0.15, 0.2) is 42.6 Å². The van der Waals surface area contributed by atoms with Crippen LogP contribution < -0.4 is 5.32 Å². The molecule has 2 aromatic rings. The number of aryl methyl sites for hydroxylation is 1. The van der Waals surface area contributed by atoms with Gasteiger partial charge in [-0.15, -0.1) is 0 Å². The lowest BCUT2D eigenvalue weighted by molar-refractivity contribution is 0.0942. The predicted octanol–water partition coefficient (Wildman–Crippen LogP) is 3.00. The van der Waals surface area contributed by atoms with Crippen LogP contribution in [0.25, 0.3) is 0 Å². The van der Waals surface area contributed by atoms with Crippen molar-refractivity contribution in [3.8, 4) is 0 Å². The van der Waals surface area contributed by atoms with E-state index >= 15 is 0 Å². The number of carbonyl (C=O) groups is 1. The monoisotopic (exact) mass is 297 g/mol. The van der Waals surface area contributed by atoms with E-state index in [0.29, 0.717) is 12.2 Å². The van der Waals surface area contributed by atoms with E-state index in [9.17, 15) is 4.79 Å². The zero-order valence-corrected chi connectivity index (χ0v) is 13.5. The lowest BCUT2D eigenvalue weighted by Gasteiger charge is -2.21.